The van der Waals surface area contributed by atoms with Gasteiger partial charge in [0.25, 0.3) is 0 Å². The van der Waals surface area contributed by atoms with Crippen LogP contribution >= 0.6 is 0 Å². The minimum atomic E-state index is 0.417. The summed E-state index contributed by atoms with van der Waals surface area (Å²) in [6.45, 7) is 5.66. The molecule has 0 spiro atoms. The van der Waals surface area contributed by atoms with Crippen molar-refractivity contribution in [3.63, 3.8) is 0 Å². The highest BCUT2D eigenvalue weighted by Crippen LogP contribution is 2.29. The van der Waals surface area contributed by atoms with Crippen molar-refractivity contribution in [2.24, 2.45) is 12.8 Å². The average molecular weight is 229 g/mol. The van der Waals surface area contributed by atoms with E-state index in [0.29, 0.717) is 17.1 Å². The van der Waals surface area contributed by atoms with Gasteiger partial charge in [-0.15, -0.1) is 0 Å². The molecule has 0 radical (unpaired) electrons. The lowest BCUT2D eigenvalue weighted by Crippen LogP contribution is -2.02. The zero-order chi connectivity index (χ0) is 12.6. The summed E-state index contributed by atoms with van der Waals surface area (Å²) in [5, 5.41) is 4.37. The molecular weight excluding hydrogens is 214 g/mol. The summed E-state index contributed by atoms with van der Waals surface area (Å²) in [5.41, 5.74) is 15.4. The molecule has 0 fully saturated rings. The summed E-state index contributed by atoms with van der Waals surface area (Å²) in [6.07, 6.45) is 1.73. The van der Waals surface area contributed by atoms with Gasteiger partial charge >= 0.3 is 0 Å². The number of hydrogen-bond acceptors (Lipinski definition) is 4. The van der Waals surface area contributed by atoms with Crippen LogP contribution in [0.2, 0.25) is 0 Å². The molecule has 2 heterocycles. The van der Waals surface area contributed by atoms with Crippen LogP contribution in [0.4, 0.5) is 5.82 Å². The zero-order valence-electron chi connectivity index (χ0n) is 9.94. The molecular formula is C12H15N5. The van der Waals surface area contributed by atoms with Crippen molar-refractivity contribution < 1.29 is 0 Å². The topological polar surface area (TPSA) is 82.8 Å². The molecule has 88 valence electrons. The fourth-order valence-corrected chi connectivity index (χ4v) is 1.75. The molecule has 2 aromatic heterocycles. The van der Waals surface area contributed by atoms with Gasteiger partial charge in [0.05, 0.1) is 5.56 Å². The first kappa shape index (κ1) is 11.2. The van der Waals surface area contributed by atoms with E-state index >= 15 is 0 Å². The van der Waals surface area contributed by atoms with Crippen LogP contribution in [-0.4, -0.2) is 14.8 Å². The first-order valence-electron chi connectivity index (χ1n) is 5.21. The second kappa shape index (κ2) is 3.93. The molecule has 0 aliphatic heterocycles. The minimum Gasteiger partial charge on any atom is -0.399 e. The predicted molar refractivity (Wildman–Crippen MR) is 68.8 cm³/mol. The van der Waals surface area contributed by atoms with E-state index in [1.807, 2.05) is 19.1 Å². The molecule has 2 aromatic rings. The first-order valence-corrected chi connectivity index (χ1v) is 5.21. The molecule has 0 aliphatic carbocycles. The fraction of sp³-hybridized carbons (Fsp3) is 0.167. The molecule has 17 heavy (non-hydrogen) atoms. The van der Waals surface area contributed by atoms with E-state index < -0.39 is 0 Å². The number of anilines is 1. The van der Waals surface area contributed by atoms with Gasteiger partial charge in [-0.1, -0.05) is 6.58 Å². The van der Waals surface area contributed by atoms with Crippen LogP contribution in [0.1, 0.15) is 11.3 Å². The molecule has 0 saturated heterocycles. The van der Waals surface area contributed by atoms with Gasteiger partial charge in [-0.2, -0.15) is 5.10 Å². The maximum Gasteiger partial charge on any atom is 0.131 e. The number of rotatable bonds is 2. The van der Waals surface area contributed by atoms with Crippen molar-refractivity contribution in [3.8, 4) is 11.3 Å². The van der Waals surface area contributed by atoms with Crippen molar-refractivity contribution in [3.05, 3.63) is 36.2 Å². The van der Waals surface area contributed by atoms with Gasteiger partial charge in [0.15, 0.2) is 0 Å². The lowest BCUT2D eigenvalue weighted by molar-refractivity contribution is 0.782. The van der Waals surface area contributed by atoms with Gasteiger partial charge in [-0.05, 0) is 19.1 Å². The van der Waals surface area contributed by atoms with E-state index in [-0.39, 0.29) is 0 Å². The molecule has 0 bridgehead atoms. The molecule has 0 unspecified atom stereocenters. The quantitative estimate of drug-likeness (QED) is 0.813. The summed E-state index contributed by atoms with van der Waals surface area (Å²) >= 11 is 0. The Kier molecular flexibility index (Phi) is 2.59. The highest BCUT2D eigenvalue weighted by atomic mass is 15.3. The number of nitrogens with zero attached hydrogens (tertiary/aromatic N) is 3. The van der Waals surface area contributed by atoms with E-state index in [9.17, 15) is 0 Å². The predicted octanol–water partition coefficient (Wildman–Crippen LogP) is 1.30. The van der Waals surface area contributed by atoms with E-state index in [1.54, 1.807) is 17.9 Å². The highest BCUT2D eigenvalue weighted by Gasteiger charge is 2.16. The Bertz CT molecular complexity index is 583. The Hall–Kier alpha value is -2.30. The van der Waals surface area contributed by atoms with Crippen LogP contribution in [0.25, 0.3) is 17.0 Å². The summed E-state index contributed by atoms with van der Waals surface area (Å²) < 4.78 is 1.60. The van der Waals surface area contributed by atoms with Crippen molar-refractivity contribution >= 4 is 11.5 Å². The van der Waals surface area contributed by atoms with E-state index in [1.165, 1.54) is 0 Å². The maximum atomic E-state index is 5.92. The van der Waals surface area contributed by atoms with Crippen LogP contribution in [0.5, 0.6) is 0 Å². The van der Waals surface area contributed by atoms with Crippen molar-refractivity contribution in [1.29, 1.82) is 0 Å². The van der Waals surface area contributed by atoms with E-state index in [4.69, 9.17) is 11.5 Å². The average Bonchev–Trinajstić information content (AvgIpc) is 2.55. The normalized spacial score (nSPS) is 10.5. The number of nitrogens with two attached hydrogens (primary N) is 2. The second-order valence-corrected chi connectivity index (χ2v) is 3.94. The van der Waals surface area contributed by atoms with Crippen LogP contribution in [0.3, 0.4) is 0 Å². The summed E-state index contributed by atoms with van der Waals surface area (Å²) in [7, 11) is 1.78. The van der Waals surface area contributed by atoms with Gasteiger partial charge < -0.3 is 11.5 Å². The second-order valence-electron chi connectivity index (χ2n) is 3.94. The van der Waals surface area contributed by atoms with Gasteiger partial charge in [-0.25, -0.2) is 0 Å². The van der Waals surface area contributed by atoms with Crippen molar-refractivity contribution in [1.82, 2.24) is 14.8 Å². The molecule has 0 amide bonds. The summed E-state index contributed by atoms with van der Waals surface area (Å²) in [6, 6.07) is 3.81. The van der Waals surface area contributed by atoms with Crippen LogP contribution < -0.4 is 11.5 Å². The summed E-state index contributed by atoms with van der Waals surface area (Å²) in [5.74, 6) is 0.516. The number of aromatic nitrogens is 3. The Morgan fingerprint density at radius 1 is 1.47 bits per heavy atom. The van der Waals surface area contributed by atoms with Crippen LogP contribution in [0, 0.1) is 6.92 Å². The SMILES string of the molecule is C=C(N)c1c(-c2ccnc(C)c2)nn(C)c1N. The standard InChI is InChI=1S/C12H15N5/c1-7-6-9(4-5-15-7)11-10(8(2)13)12(14)17(3)16-11/h4-6H,2,13-14H2,1,3H3. The fourth-order valence-electron chi connectivity index (χ4n) is 1.75. The number of hydrogen-bond donors (Lipinski definition) is 2. The smallest absolute Gasteiger partial charge is 0.131 e. The number of nitrogen functional groups attached to an aromatic ring is 1. The number of aryl methyl sites for hydroxylation is 2. The molecule has 0 aromatic carbocycles. The molecule has 4 N–H and O–H groups in total. The van der Waals surface area contributed by atoms with Crippen LogP contribution in [-0.2, 0) is 7.05 Å². The molecule has 5 heteroatoms. The largest absolute Gasteiger partial charge is 0.399 e. The monoisotopic (exact) mass is 229 g/mol. The Morgan fingerprint density at radius 3 is 2.76 bits per heavy atom. The Balaban J connectivity index is 2.67. The lowest BCUT2D eigenvalue weighted by atomic mass is 10.1. The Labute approximate surface area is 99.8 Å². The zero-order valence-corrected chi connectivity index (χ0v) is 9.94. The van der Waals surface area contributed by atoms with Gasteiger partial charge in [-0.3, -0.25) is 9.67 Å². The van der Waals surface area contributed by atoms with Gasteiger partial charge in [0, 0.05) is 30.2 Å². The van der Waals surface area contributed by atoms with Crippen molar-refractivity contribution in [2.75, 3.05) is 5.73 Å². The first-order chi connectivity index (χ1) is 8.00. The lowest BCUT2D eigenvalue weighted by Gasteiger charge is -2.03. The summed E-state index contributed by atoms with van der Waals surface area (Å²) in [4.78, 5) is 4.15. The van der Waals surface area contributed by atoms with E-state index in [2.05, 4.69) is 16.7 Å². The van der Waals surface area contributed by atoms with Gasteiger partial charge in [0.2, 0.25) is 0 Å². The van der Waals surface area contributed by atoms with Gasteiger partial charge in [0.1, 0.15) is 11.5 Å². The molecule has 0 aliphatic rings. The molecule has 2 rings (SSSR count). The molecule has 0 atom stereocenters. The third kappa shape index (κ3) is 1.87. The third-order valence-electron chi connectivity index (χ3n) is 2.58. The Morgan fingerprint density at radius 2 is 2.18 bits per heavy atom. The highest BCUT2D eigenvalue weighted by molar-refractivity contribution is 5.82. The number of pyridine rings is 1. The van der Waals surface area contributed by atoms with E-state index in [0.717, 1.165) is 17.0 Å². The molecule has 5 nitrogen and oxygen atoms in total. The third-order valence-corrected chi connectivity index (χ3v) is 2.58. The van der Waals surface area contributed by atoms with Crippen LogP contribution in [0.15, 0.2) is 24.9 Å². The maximum absolute atomic E-state index is 5.92. The minimum absolute atomic E-state index is 0.417. The molecule has 0 saturated carbocycles. The van der Waals surface area contributed by atoms with Crippen molar-refractivity contribution in [2.45, 2.75) is 6.92 Å².